The summed E-state index contributed by atoms with van der Waals surface area (Å²) < 4.78 is 13.0. The maximum absolute atomic E-state index is 12.4. The van der Waals surface area contributed by atoms with Crippen LogP contribution in [0.2, 0.25) is 0 Å². The zero-order valence-corrected chi connectivity index (χ0v) is 26.7. The van der Waals surface area contributed by atoms with Gasteiger partial charge < -0.3 is 25.2 Å². The second kappa shape index (κ2) is 11.6. The first-order valence-electron chi connectivity index (χ1n) is 17.0. The Kier molecular flexibility index (Phi) is 7.91. The van der Waals surface area contributed by atoms with E-state index in [0.717, 1.165) is 62.9 Å². The molecule has 5 aliphatic rings. The van der Waals surface area contributed by atoms with E-state index in [2.05, 4.69) is 55.7 Å². The number of ether oxygens (including phenoxy) is 2. The monoisotopic (exact) mass is 598 g/mol. The standard InChI is InChI=1S/C38H50N2O4/c1-36(2)23-43-38(44-24-36)18-17-29-28(19-38)13-14-30-32-15-16-33(41)37(32,3)20-31(34(29)30)27-11-9-26(10-12-27)22-40-35(42)39-21-25-7-5-4-6-8-25/h4-12,28,30-33,41H,13-24H2,1-3H3,(H2,39,40,42). The summed E-state index contributed by atoms with van der Waals surface area (Å²) in [5.41, 5.74) is 6.93. The van der Waals surface area contributed by atoms with Crippen LogP contribution in [-0.2, 0) is 22.6 Å². The van der Waals surface area contributed by atoms with Gasteiger partial charge in [0.1, 0.15) is 0 Å². The first-order chi connectivity index (χ1) is 21.1. The molecule has 6 heteroatoms. The highest BCUT2D eigenvalue weighted by molar-refractivity contribution is 5.73. The van der Waals surface area contributed by atoms with Crippen LogP contribution in [0.25, 0.3) is 0 Å². The summed E-state index contributed by atoms with van der Waals surface area (Å²) >= 11 is 0. The molecular formula is C38H50N2O4. The summed E-state index contributed by atoms with van der Waals surface area (Å²) in [5.74, 6) is 1.55. The van der Waals surface area contributed by atoms with Crippen molar-refractivity contribution in [2.45, 2.75) is 103 Å². The van der Waals surface area contributed by atoms with Crippen molar-refractivity contribution in [2.75, 3.05) is 13.2 Å². The van der Waals surface area contributed by atoms with Gasteiger partial charge in [-0.15, -0.1) is 0 Å². The maximum atomic E-state index is 12.4. The Morgan fingerprint density at radius 3 is 2.25 bits per heavy atom. The highest BCUT2D eigenvalue weighted by Gasteiger charge is 2.57. The summed E-state index contributed by atoms with van der Waals surface area (Å²) in [7, 11) is 0. The van der Waals surface area contributed by atoms with E-state index in [4.69, 9.17) is 9.47 Å². The average Bonchev–Trinajstić information content (AvgIpc) is 3.34. The van der Waals surface area contributed by atoms with E-state index in [1.165, 1.54) is 18.4 Å². The van der Waals surface area contributed by atoms with Crippen molar-refractivity contribution in [2.24, 2.45) is 28.6 Å². The number of urea groups is 1. The molecule has 236 valence electrons. The third-order valence-electron chi connectivity index (χ3n) is 11.9. The van der Waals surface area contributed by atoms with Crippen molar-refractivity contribution in [1.29, 1.82) is 0 Å². The number of amides is 2. The first-order valence-corrected chi connectivity index (χ1v) is 17.0. The topological polar surface area (TPSA) is 79.8 Å². The number of nitrogens with one attached hydrogen (secondary N) is 2. The number of aliphatic hydroxyl groups excluding tert-OH is 1. The third kappa shape index (κ3) is 5.63. The molecule has 1 spiro atoms. The Bertz CT molecular complexity index is 1380. The van der Waals surface area contributed by atoms with Crippen molar-refractivity contribution < 1.29 is 19.4 Å². The number of hydrogen-bond acceptors (Lipinski definition) is 4. The fraction of sp³-hybridized carbons (Fsp3) is 0.605. The van der Waals surface area contributed by atoms with Gasteiger partial charge in [0.2, 0.25) is 0 Å². The van der Waals surface area contributed by atoms with Crippen LogP contribution in [-0.4, -0.2) is 36.2 Å². The summed E-state index contributed by atoms with van der Waals surface area (Å²) in [6.07, 6.45) is 8.22. The van der Waals surface area contributed by atoms with Gasteiger partial charge in [-0.25, -0.2) is 4.79 Å². The Hall–Kier alpha value is -2.67. The minimum atomic E-state index is -0.415. The molecule has 2 aromatic rings. The molecule has 2 aromatic carbocycles. The molecule has 1 saturated heterocycles. The summed E-state index contributed by atoms with van der Waals surface area (Å²) in [5, 5.41) is 17.2. The molecule has 4 aliphatic carbocycles. The van der Waals surface area contributed by atoms with E-state index in [-0.39, 0.29) is 23.0 Å². The van der Waals surface area contributed by atoms with Crippen molar-refractivity contribution in [3.05, 3.63) is 82.4 Å². The van der Waals surface area contributed by atoms with E-state index in [0.29, 0.717) is 36.8 Å². The van der Waals surface area contributed by atoms with E-state index in [1.54, 1.807) is 11.1 Å². The lowest BCUT2D eigenvalue weighted by Gasteiger charge is -2.55. The molecule has 7 rings (SSSR count). The first kappa shape index (κ1) is 30.0. The van der Waals surface area contributed by atoms with Crippen LogP contribution in [0.15, 0.2) is 65.7 Å². The highest BCUT2D eigenvalue weighted by Crippen LogP contribution is 2.65. The van der Waals surface area contributed by atoms with E-state index in [9.17, 15) is 9.90 Å². The predicted molar refractivity (Wildman–Crippen MR) is 172 cm³/mol. The largest absolute Gasteiger partial charge is 0.393 e. The minimum absolute atomic E-state index is 0.0413. The van der Waals surface area contributed by atoms with Crippen molar-refractivity contribution in [3.63, 3.8) is 0 Å². The lowest BCUT2D eigenvalue weighted by Crippen LogP contribution is -2.52. The van der Waals surface area contributed by atoms with Gasteiger partial charge >= 0.3 is 6.03 Å². The summed E-state index contributed by atoms with van der Waals surface area (Å²) in [4.78, 5) is 12.4. The smallest absolute Gasteiger partial charge is 0.315 e. The van der Waals surface area contributed by atoms with Gasteiger partial charge in [-0.2, -0.15) is 0 Å². The van der Waals surface area contributed by atoms with Crippen LogP contribution in [0.4, 0.5) is 4.79 Å². The zero-order valence-electron chi connectivity index (χ0n) is 26.7. The molecule has 1 heterocycles. The van der Waals surface area contributed by atoms with Crippen molar-refractivity contribution in [3.8, 4) is 0 Å². The number of fused-ring (bicyclic) bond motifs is 4. The SMILES string of the molecule is CC1(C)COC2(CCC3=C4C(c5ccc(CNC(=O)NCc6ccccc6)cc5)CC5(C)C(O)CCC5C4CCC3C2)OC1. The number of allylic oxidation sites excluding steroid dienone is 2. The van der Waals surface area contributed by atoms with E-state index in [1.807, 2.05) is 30.3 Å². The van der Waals surface area contributed by atoms with E-state index >= 15 is 0 Å². The second-order valence-corrected chi connectivity index (χ2v) is 15.4. The second-order valence-electron chi connectivity index (χ2n) is 15.4. The third-order valence-corrected chi connectivity index (χ3v) is 11.9. The molecule has 3 saturated carbocycles. The fourth-order valence-corrected chi connectivity index (χ4v) is 9.39. The molecule has 6 atom stereocenters. The lowest BCUT2D eigenvalue weighted by molar-refractivity contribution is -0.312. The van der Waals surface area contributed by atoms with Crippen LogP contribution < -0.4 is 10.6 Å². The predicted octanol–water partition coefficient (Wildman–Crippen LogP) is 7.23. The molecule has 3 N–H and O–H groups in total. The summed E-state index contributed by atoms with van der Waals surface area (Å²) in [6, 6.07) is 18.7. The number of carbonyl (C=O) groups excluding carboxylic acids is 1. The zero-order chi connectivity index (χ0) is 30.5. The van der Waals surface area contributed by atoms with Gasteiger partial charge in [-0.05, 0) is 78.4 Å². The van der Waals surface area contributed by atoms with Crippen molar-refractivity contribution in [1.82, 2.24) is 10.6 Å². The maximum Gasteiger partial charge on any atom is 0.315 e. The molecule has 44 heavy (non-hydrogen) atoms. The van der Waals surface area contributed by atoms with Crippen LogP contribution >= 0.6 is 0 Å². The molecular weight excluding hydrogens is 548 g/mol. The molecule has 0 radical (unpaired) electrons. The fourth-order valence-electron chi connectivity index (χ4n) is 9.39. The molecule has 6 nitrogen and oxygen atoms in total. The van der Waals surface area contributed by atoms with E-state index < -0.39 is 5.79 Å². The molecule has 0 bridgehead atoms. The number of rotatable bonds is 5. The van der Waals surface area contributed by atoms with Crippen LogP contribution in [0.5, 0.6) is 0 Å². The van der Waals surface area contributed by atoms with Crippen LogP contribution in [0.1, 0.15) is 94.7 Å². The number of carbonyl (C=O) groups is 1. The Morgan fingerprint density at radius 2 is 1.55 bits per heavy atom. The van der Waals surface area contributed by atoms with Crippen molar-refractivity contribution >= 4 is 6.03 Å². The molecule has 1 aliphatic heterocycles. The molecule has 0 aromatic heterocycles. The number of benzene rings is 2. The highest BCUT2D eigenvalue weighted by atomic mass is 16.7. The van der Waals surface area contributed by atoms with Gasteiger partial charge in [0.05, 0.1) is 19.3 Å². The van der Waals surface area contributed by atoms with Gasteiger partial charge in [-0.1, -0.05) is 86.5 Å². The molecule has 2 amide bonds. The Labute approximate surface area is 263 Å². The summed E-state index contributed by atoms with van der Waals surface area (Å²) in [6.45, 7) is 9.35. The normalized spacial score (nSPS) is 33.7. The Balaban J connectivity index is 1.10. The average molecular weight is 599 g/mol. The molecule has 4 fully saturated rings. The van der Waals surface area contributed by atoms with Gasteiger partial charge in [-0.3, -0.25) is 0 Å². The Morgan fingerprint density at radius 1 is 0.864 bits per heavy atom. The molecule has 6 unspecified atom stereocenters. The van der Waals surface area contributed by atoms with Crippen LogP contribution in [0, 0.1) is 28.6 Å². The lowest BCUT2D eigenvalue weighted by atomic mass is 9.52. The van der Waals surface area contributed by atoms with Gasteiger partial charge in [0.25, 0.3) is 0 Å². The number of aliphatic hydroxyl groups is 1. The quantitative estimate of drug-likeness (QED) is 0.318. The minimum Gasteiger partial charge on any atom is -0.393 e. The number of hydrogen-bond donors (Lipinski definition) is 3. The van der Waals surface area contributed by atoms with Gasteiger partial charge in [0.15, 0.2) is 5.79 Å². The van der Waals surface area contributed by atoms with Crippen LogP contribution in [0.3, 0.4) is 0 Å². The van der Waals surface area contributed by atoms with Gasteiger partial charge in [0, 0.05) is 37.3 Å².